The molecule has 1 amide bonds. The molecule has 9 heteroatoms. The maximum Gasteiger partial charge on any atom is 0.305 e. The molecule has 1 saturated carbocycles. The van der Waals surface area contributed by atoms with E-state index in [9.17, 15) is 18.0 Å². The Morgan fingerprint density at radius 2 is 1.62 bits per heavy atom. The van der Waals surface area contributed by atoms with Crippen LogP contribution >= 0.6 is 0 Å². The van der Waals surface area contributed by atoms with Gasteiger partial charge in [-0.3, -0.25) is 9.59 Å². The van der Waals surface area contributed by atoms with Crippen molar-refractivity contribution in [1.82, 2.24) is 0 Å². The van der Waals surface area contributed by atoms with E-state index in [1.807, 2.05) is 0 Å². The number of carboxylic acid groups (broad SMARTS) is 1. The monoisotopic (exact) mass is 418 g/mol. The minimum absolute atomic E-state index is 0.191. The lowest BCUT2D eigenvalue weighted by Crippen LogP contribution is -2.37. The molecule has 1 unspecified atom stereocenters. The standard InChI is InChI=1S/C20H22N2O6S/c21-18(11-19(23)24)20(25)22-14-3-5-15(6-4-14)28-16-7-9-17(10-8-16)29(26,27)12-13-1-2-13/h3-10,13,18H,1-2,11-12,21H2,(H,22,25)(H,23,24). The summed E-state index contributed by atoms with van der Waals surface area (Å²) in [6.07, 6.45) is 1.49. The number of carboxylic acids is 1. The van der Waals surface area contributed by atoms with E-state index in [1.54, 1.807) is 36.4 Å². The number of benzene rings is 2. The Balaban J connectivity index is 1.58. The van der Waals surface area contributed by atoms with Crippen molar-refractivity contribution < 1.29 is 27.9 Å². The number of nitrogens with one attached hydrogen (secondary N) is 1. The van der Waals surface area contributed by atoms with Crippen molar-refractivity contribution in [3.8, 4) is 11.5 Å². The maximum absolute atomic E-state index is 12.3. The number of hydrogen-bond acceptors (Lipinski definition) is 6. The molecule has 0 aliphatic heterocycles. The van der Waals surface area contributed by atoms with Crippen LogP contribution in [-0.2, 0) is 19.4 Å². The molecule has 8 nitrogen and oxygen atoms in total. The molecule has 1 aliphatic rings. The van der Waals surface area contributed by atoms with Gasteiger partial charge in [0.1, 0.15) is 11.5 Å². The van der Waals surface area contributed by atoms with E-state index in [2.05, 4.69) is 5.32 Å². The molecule has 0 spiro atoms. The van der Waals surface area contributed by atoms with Crippen LogP contribution in [0.15, 0.2) is 53.4 Å². The normalized spacial score (nSPS) is 14.8. The average Bonchev–Trinajstić information content (AvgIpc) is 3.46. The molecule has 1 atom stereocenters. The Kier molecular flexibility index (Phi) is 6.19. The van der Waals surface area contributed by atoms with Crippen LogP contribution in [0.3, 0.4) is 0 Å². The number of sulfone groups is 1. The van der Waals surface area contributed by atoms with Crippen molar-refractivity contribution in [2.75, 3.05) is 11.1 Å². The second-order valence-electron chi connectivity index (χ2n) is 7.02. The summed E-state index contributed by atoms with van der Waals surface area (Å²) in [6.45, 7) is 0. The highest BCUT2D eigenvalue weighted by Gasteiger charge is 2.29. The fourth-order valence-corrected chi connectivity index (χ4v) is 4.36. The summed E-state index contributed by atoms with van der Waals surface area (Å²) in [5, 5.41) is 11.2. The lowest BCUT2D eigenvalue weighted by atomic mass is 10.2. The smallest absolute Gasteiger partial charge is 0.305 e. The molecule has 2 aromatic carbocycles. The highest BCUT2D eigenvalue weighted by molar-refractivity contribution is 7.91. The zero-order chi connectivity index (χ0) is 21.0. The van der Waals surface area contributed by atoms with Gasteiger partial charge in [-0.15, -0.1) is 0 Å². The van der Waals surface area contributed by atoms with Gasteiger partial charge in [-0.1, -0.05) is 0 Å². The molecule has 154 valence electrons. The summed E-state index contributed by atoms with van der Waals surface area (Å²) < 4.78 is 30.2. The number of carbonyl (C=O) groups is 2. The highest BCUT2D eigenvalue weighted by Crippen LogP contribution is 2.33. The summed E-state index contributed by atoms with van der Waals surface area (Å²) in [5.74, 6) is -0.293. The SMILES string of the molecule is NC(CC(=O)O)C(=O)Nc1ccc(Oc2ccc(S(=O)(=O)CC3CC3)cc2)cc1. The molecule has 0 bridgehead atoms. The lowest BCUT2D eigenvalue weighted by molar-refractivity contribution is -0.138. The summed E-state index contributed by atoms with van der Waals surface area (Å²) in [4.78, 5) is 22.7. The number of carbonyl (C=O) groups excluding carboxylic acids is 1. The van der Waals surface area contributed by atoms with E-state index in [0.29, 0.717) is 17.2 Å². The molecule has 2 aromatic rings. The Morgan fingerprint density at radius 3 is 2.14 bits per heavy atom. The van der Waals surface area contributed by atoms with Crippen LogP contribution in [0, 0.1) is 5.92 Å². The second kappa shape index (κ2) is 8.62. The Morgan fingerprint density at radius 1 is 1.07 bits per heavy atom. The number of nitrogens with two attached hydrogens (primary N) is 1. The molecule has 1 fully saturated rings. The zero-order valence-corrected chi connectivity index (χ0v) is 16.4. The minimum atomic E-state index is -3.26. The van der Waals surface area contributed by atoms with Gasteiger partial charge in [-0.2, -0.15) is 0 Å². The second-order valence-corrected chi connectivity index (χ2v) is 9.05. The topological polar surface area (TPSA) is 136 Å². The zero-order valence-electron chi connectivity index (χ0n) is 15.6. The largest absolute Gasteiger partial charge is 0.481 e. The van der Waals surface area contributed by atoms with E-state index in [1.165, 1.54) is 12.1 Å². The summed E-state index contributed by atoms with van der Waals surface area (Å²) >= 11 is 0. The van der Waals surface area contributed by atoms with Gasteiger partial charge in [0, 0.05) is 5.69 Å². The first-order valence-corrected chi connectivity index (χ1v) is 10.8. The first-order valence-electron chi connectivity index (χ1n) is 9.12. The van der Waals surface area contributed by atoms with Crippen molar-refractivity contribution >= 4 is 27.4 Å². The van der Waals surface area contributed by atoms with Crippen molar-refractivity contribution in [3.63, 3.8) is 0 Å². The van der Waals surface area contributed by atoms with Gasteiger partial charge in [0.05, 0.1) is 23.1 Å². The van der Waals surface area contributed by atoms with Gasteiger partial charge in [0.15, 0.2) is 9.84 Å². The minimum Gasteiger partial charge on any atom is -0.481 e. The molecule has 0 heterocycles. The number of amides is 1. The first kappa shape index (κ1) is 20.8. The number of ether oxygens (including phenoxy) is 1. The van der Waals surface area contributed by atoms with Crippen LogP contribution in [0.4, 0.5) is 5.69 Å². The summed E-state index contributed by atoms with van der Waals surface area (Å²) in [5.41, 5.74) is 5.96. The van der Waals surface area contributed by atoms with Crippen LogP contribution < -0.4 is 15.8 Å². The van der Waals surface area contributed by atoms with Crippen molar-refractivity contribution in [2.45, 2.75) is 30.2 Å². The maximum atomic E-state index is 12.3. The third-order valence-corrected chi connectivity index (χ3v) is 6.32. The van der Waals surface area contributed by atoms with Crippen molar-refractivity contribution in [1.29, 1.82) is 0 Å². The Bertz CT molecular complexity index is 983. The fourth-order valence-electron chi connectivity index (χ4n) is 2.66. The summed E-state index contributed by atoms with van der Waals surface area (Å²) in [6, 6.07) is 11.5. The molecule has 29 heavy (non-hydrogen) atoms. The van der Waals surface area contributed by atoms with E-state index in [-0.39, 0.29) is 16.6 Å². The highest BCUT2D eigenvalue weighted by atomic mass is 32.2. The third kappa shape index (κ3) is 6.03. The molecule has 0 saturated heterocycles. The molecule has 0 aromatic heterocycles. The predicted molar refractivity (Wildman–Crippen MR) is 107 cm³/mol. The van der Waals surface area contributed by atoms with Crippen LogP contribution in [0.25, 0.3) is 0 Å². The molecular formula is C20H22N2O6S. The average molecular weight is 418 g/mol. The van der Waals surface area contributed by atoms with Crippen LogP contribution in [0.2, 0.25) is 0 Å². The molecule has 3 rings (SSSR count). The van der Waals surface area contributed by atoms with E-state index in [4.69, 9.17) is 15.6 Å². The molecular weight excluding hydrogens is 396 g/mol. The van der Waals surface area contributed by atoms with Gasteiger partial charge < -0.3 is 20.9 Å². The Labute approximate surface area is 168 Å². The third-order valence-electron chi connectivity index (χ3n) is 4.42. The molecule has 4 N–H and O–H groups in total. The first-order chi connectivity index (χ1) is 13.7. The quantitative estimate of drug-likeness (QED) is 0.569. The van der Waals surface area contributed by atoms with E-state index >= 15 is 0 Å². The van der Waals surface area contributed by atoms with E-state index in [0.717, 1.165) is 12.8 Å². The molecule has 0 radical (unpaired) electrons. The van der Waals surface area contributed by atoms with Gasteiger partial charge in [0.25, 0.3) is 0 Å². The van der Waals surface area contributed by atoms with Crippen LogP contribution in [0.5, 0.6) is 11.5 Å². The fraction of sp³-hybridized carbons (Fsp3) is 0.300. The molecule has 1 aliphatic carbocycles. The number of hydrogen-bond donors (Lipinski definition) is 3. The van der Waals surface area contributed by atoms with Crippen LogP contribution in [-0.4, -0.2) is 37.2 Å². The van der Waals surface area contributed by atoms with Gasteiger partial charge in [0.2, 0.25) is 5.91 Å². The van der Waals surface area contributed by atoms with Crippen molar-refractivity contribution in [2.24, 2.45) is 11.7 Å². The van der Waals surface area contributed by atoms with Gasteiger partial charge >= 0.3 is 5.97 Å². The van der Waals surface area contributed by atoms with E-state index < -0.39 is 34.2 Å². The number of aliphatic carboxylic acids is 1. The predicted octanol–water partition coefficient (Wildman–Crippen LogP) is 2.40. The lowest BCUT2D eigenvalue weighted by Gasteiger charge is -2.11. The van der Waals surface area contributed by atoms with Crippen LogP contribution in [0.1, 0.15) is 19.3 Å². The van der Waals surface area contributed by atoms with Gasteiger partial charge in [-0.05, 0) is 67.3 Å². The number of rotatable bonds is 9. The number of anilines is 1. The Hall–Kier alpha value is -2.91. The van der Waals surface area contributed by atoms with Crippen molar-refractivity contribution in [3.05, 3.63) is 48.5 Å². The summed E-state index contributed by atoms with van der Waals surface area (Å²) in [7, 11) is -3.26. The van der Waals surface area contributed by atoms with Gasteiger partial charge in [-0.25, -0.2) is 8.42 Å².